The SMILES string of the molecule is COc1cccc(/C(O)=C2\C(=O)C(=O)N(c3cc(C)on3)C2c2cccc([N+](=O)[O-])c2)c1. The molecule has 4 rings (SSSR count). The van der Waals surface area contributed by atoms with E-state index in [4.69, 9.17) is 9.26 Å². The quantitative estimate of drug-likeness (QED) is 0.211. The predicted octanol–water partition coefficient (Wildman–Crippen LogP) is 3.53. The van der Waals surface area contributed by atoms with Gasteiger partial charge < -0.3 is 14.4 Å². The van der Waals surface area contributed by atoms with Crippen molar-refractivity contribution in [2.24, 2.45) is 0 Å². The Bertz CT molecular complexity index is 1280. The third kappa shape index (κ3) is 3.47. The minimum atomic E-state index is -1.16. The summed E-state index contributed by atoms with van der Waals surface area (Å²) in [5.41, 5.74) is 0.0350. The van der Waals surface area contributed by atoms with Gasteiger partial charge in [-0.05, 0) is 24.6 Å². The van der Waals surface area contributed by atoms with Crippen molar-refractivity contribution in [3.8, 4) is 5.75 Å². The average Bonchev–Trinajstić information content (AvgIpc) is 3.34. The summed E-state index contributed by atoms with van der Waals surface area (Å²) in [6.07, 6.45) is 0. The van der Waals surface area contributed by atoms with Gasteiger partial charge in [-0.2, -0.15) is 0 Å². The Labute approximate surface area is 181 Å². The van der Waals surface area contributed by atoms with Gasteiger partial charge in [0.05, 0.1) is 23.6 Å². The number of non-ortho nitro benzene ring substituents is 1. The van der Waals surface area contributed by atoms with Crippen LogP contribution in [0, 0.1) is 17.0 Å². The van der Waals surface area contributed by atoms with Gasteiger partial charge in [-0.1, -0.05) is 29.4 Å². The molecule has 0 radical (unpaired) electrons. The number of anilines is 1. The van der Waals surface area contributed by atoms with E-state index in [2.05, 4.69) is 5.16 Å². The van der Waals surface area contributed by atoms with E-state index < -0.39 is 28.4 Å². The minimum Gasteiger partial charge on any atom is -0.507 e. The number of aromatic nitrogens is 1. The van der Waals surface area contributed by atoms with Crippen molar-refractivity contribution >= 4 is 29.0 Å². The summed E-state index contributed by atoms with van der Waals surface area (Å²) in [5.74, 6) is -1.47. The standard InChI is InChI=1S/C22H17N3O7/c1-12-9-17(23-32-12)24-19(13-5-3-7-15(10-13)25(29)30)18(21(27)22(24)28)20(26)14-6-4-8-16(11-14)31-2/h3-11,19,26H,1-2H3/b20-18+. The lowest BCUT2D eigenvalue weighted by Crippen LogP contribution is -2.29. The van der Waals surface area contributed by atoms with Crippen LogP contribution in [0.4, 0.5) is 11.5 Å². The molecule has 1 fully saturated rings. The number of nitro benzene ring substituents is 1. The fourth-order valence-corrected chi connectivity index (χ4v) is 3.59. The van der Waals surface area contributed by atoms with Crippen molar-refractivity contribution in [2.45, 2.75) is 13.0 Å². The van der Waals surface area contributed by atoms with E-state index in [-0.39, 0.29) is 28.2 Å². The van der Waals surface area contributed by atoms with Gasteiger partial charge in [0.2, 0.25) is 0 Å². The van der Waals surface area contributed by atoms with Gasteiger partial charge in [0.15, 0.2) is 5.82 Å². The van der Waals surface area contributed by atoms with Gasteiger partial charge in [-0.25, -0.2) is 0 Å². The largest absolute Gasteiger partial charge is 0.507 e. The van der Waals surface area contributed by atoms with E-state index in [9.17, 15) is 24.8 Å². The Kier molecular flexibility index (Phi) is 5.19. The lowest BCUT2D eigenvalue weighted by atomic mass is 9.95. The molecule has 1 saturated heterocycles. The highest BCUT2D eigenvalue weighted by Gasteiger charge is 2.48. The summed E-state index contributed by atoms with van der Waals surface area (Å²) in [7, 11) is 1.45. The van der Waals surface area contributed by atoms with Crippen LogP contribution < -0.4 is 9.64 Å². The number of methoxy groups -OCH3 is 1. The number of aryl methyl sites for hydroxylation is 1. The van der Waals surface area contributed by atoms with Crippen LogP contribution in [0.25, 0.3) is 5.76 Å². The Hall–Kier alpha value is -4.47. The summed E-state index contributed by atoms with van der Waals surface area (Å²) in [4.78, 5) is 37.8. The highest BCUT2D eigenvalue weighted by Crippen LogP contribution is 2.42. The Morgan fingerprint density at radius 3 is 2.59 bits per heavy atom. The fraction of sp³-hybridized carbons (Fsp3) is 0.136. The minimum absolute atomic E-state index is 0.0470. The molecule has 0 bridgehead atoms. The molecule has 32 heavy (non-hydrogen) atoms. The number of ether oxygens (including phenoxy) is 1. The average molecular weight is 435 g/mol. The van der Waals surface area contributed by atoms with Crippen molar-refractivity contribution in [3.63, 3.8) is 0 Å². The first-order valence-corrected chi connectivity index (χ1v) is 9.45. The second kappa shape index (κ2) is 7.99. The number of nitro groups is 1. The fourth-order valence-electron chi connectivity index (χ4n) is 3.59. The number of Topliss-reactive ketones (excluding diaryl/α,β-unsaturated/α-hetero) is 1. The van der Waals surface area contributed by atoms with Crippen molar-refractivity contribution in [3.05, 3.63) is 87.2 Å². The van der Waals surface area contributed by atoms with Crippen molar-refractivity contribution < 1.29 is 28.9 Å². The lowest BCUT2D eigenvalue weighted by Gasteiger charge is -2.22. The van der Waals surface area contributed by atoms with Gasteiger partial charge in [0.1, 0.15) is 17.3 Å². The van der Waals surface area contributed by atoms with Gasteiger partial charge in [0.25, 0.3) is 11.5 Å². The van der Waals surface area contributed by atoms with Crippen LogP contribution in [0.5, 0.6) is 5.75 Å². The van der Waals surface area contributed by atoms with Crippen molar-refractivity contribution in [2.75, 3.05) is 12.0 Å². The molecule has 1 unspecified atom stereocenters. The Morgan fingerprint density at radius 1 is 1.19 bits per heavy atom. The summed E-state index contributed by atoms with van der Waals surface area (Å²) in [6, 6.07) is 12.1. The van der Waals surface area contributed by atoms with Crippen LogP contribution in [0.2, 0.25) is 0 Å². The monoisotopic (exact) mass is 435 g/mol. The number of carbonyl (C=O) groups is 2. The molecular weight excluding hydrogens is 418 g/mol. The maximum atomic E-state index is 13.0. The van der Waals surface area contributed by atoms with E-state index in [1.165, 1.54) is 43.5 Å². The normalized spacial score (nSPS) is 17.6. The number of amides is 1. The van der Waals surface area contributed by atoms with E-state index in [0.717, 1.165) is 4.90 Å². The van der Waals surface area contributed by atoms with E-state index in [0.29, 0.717) is 11.5 Å². The molecule has 0 saturated carbocycles. The number of benzene rings is 2. The molecule has 1 atom stereocenters. The van der Waals surface area contributed by atoms with E-state index in [1.807, 2.05) is 0 Å². The smallest absolute Gasteiger partial charge is 0.301 e. The molecule has 1 aromatic heterocycles. The molecule has 1 N–H and O–H groups in total. The Balaban J connectivity index is 1.96. The topological polar surface area (TPSA) is 136 Å². The molecule has 10 heteroatoms. The zero-order chi connectivity index (χ0) is 23.0. The Morgan fingerprint density at radius 2 is 1.94 bits per heavy atom. The van der Waals surface area contributed by atoms with Crippen molar-refractivity contribution in [1.82, 2.24) is 5.16 Å². The number of ketones is 1. The number of hydrogen-bond donors (Lipinski definition) is 1. The maximum Gasteiger partial charge on any atom is 0.301 e. The number of rotatable bonds is 5. The molecule has 2 aromatic carbocycles. The maximum absolute atomic E-state index is 13.0. The molecule has 3 aromatic rings. The molecule has 1 aliphatic rings. The van der Waals surface area contributed by atoms with Crippen molar-refractivity contribution in [1.29, 1.82) is 0 Å². The zero-order valence-corrected chi connectivity index (χ0v) is 17.0. The molecule has 0 aliphatic carbocycles. The lowest BCUT2D eigenvalue weighted by molar-refractivity contribution is -0.384. The molecule has 2 heterocycles. The second-order valence-corrected chi connectivity index (χ2v) is 7.05. The molecule has 1 amide bonds. The van der Waals surface area contributed by atoms with Crippen LogP contribution in [0.1, 0.15) is 22.9 Å². The van der Waals surface area contributed by atoms with Crippen LogP contribution in [-0.4, -0.2) is 34.0 Å². The van der Waals surface area contributed by atoms with E-state index in [1.54, 1.807) is 25.1 Å². The van der Waals surface area contributed by atoms with Gasteiger partial charge >= 0.3 is 5.91 Å². The summed E-state index contributed by atoms with van der Waals surface area (Å²) in [5, 5.41) is 26.2. The summed E-state index contributed by atoms with van der Waals surface area (Å²) >= 11 is 0. The highest BCUT2D eigenvalue weighted by molar-refractivity contribution is 6.51. The molecular formula is C22H17N3O7. The first kappa shape index (κ1) is 20.8. The highest BCUT2D eigenvalue weighted by atomic mass is 16.6. The number of aliphatic hydroxyl groups is 1. The van der Waals surface area contributed by atoms with Gasteiger partial charge in [-0.15, -0.1) is 0 Å². The first-order chi connectivity index (χ1) is 15.3. The van der Waals surface area contributed by atoms with Crippen LogP contribution >= 0.6 is 0 Å². The van der Waals surface area contributed by atoms with Gasteiger partial charge in [-0.3, -0.25) is 24.6 Å². The van der Waals surface area contributed by atoms with Crippen LogP contribution in [0.15, 0.2) is 64.7 Å². The summed E-state index contributed by atoms with van der Waals surface area (Å²) in [6.45, 7) is 1.62. The van der Waals surface area contributed by atoms with Crippen LogP contribution in [-0.2, 0) is 9.59 Å². The predicted molar refractivity (Wildman–Crippen MR) is 112 cm³/mol. The number of nitrogens with zero attached hydrogens (tertiary/aromatic N) is 3. The zero-order valence-electron chi connectivity index (χ0n) is 17.0. The third-order valence-corrected chi connectivity index (χ3v) is 5.05. The van der Waals surface area contributed by atoms with Crippen LogP contribution in [0.3, 0.4) is 0 Å². The second-order valence-electron chi connectivity index (χ2n) is 7.05. The number of carbonyl (C=O) groups excluding carboxylic acids is 2. The number of hydrogen-bond acceptors (Lipinski definition) is 8. The summed E-state index contributed by atoms with van der Waals surface area (Å²) < 4.78 is 10.2. The molecule has 0 spiro atoms. The molecule has 1 aliphatic heterocycles. The van der Waals surface area contributed by atoms with Gasteiger partial charge in [0, 0.05) is 23.8 Å². The first-order valence-electron chi connectivity index (χ1n) is 9.45. The molecule has 162 valence electrons. The van der Waals surface area contributed by atoms with E-state index >= 15 is 0 Å². The number of aliphatic hydroxyl groups excluding tert-OH is 1. The molecule has 10 nitrogen and oxygen atoms in total. The third-order valence-electron chi connectivity index (χ3n) is 5.05.